The van der Waals surface area contributed by atoms with E-state index in [1.165, 1.54) is 244 Å². The maximum absolute atomic E-state index is 12.4. The van der Waals surface area contributed by atoms with Crippen LogP contribution < -0.4 is 0 Å². The van der Waals surface area contributed by atoms with Gasteiger partial charge in [0.25, 0.3) is 0 Å². The van der Waals surface area contributed by atoms with Gasteiger partial charge in [0, 0.05) is 12.8 Å². The summed E-state index contributed by atoms with van der Waals surface area (Å²) in [5.41, 5.74) is 0. The summed E-state index contributed by atoms with van der Waals surface area (Å²) in [5.74, 6) is -0.578. The molecule has 1 atom stereocenters. The Morgan fingerprint density at radius 2 is 0.512 bits per heavy atom. The van der Waals surface area contributed by atoms with Gasteiger partial charge in [-0.1, -0.05) is 354 Å². The van der Waals surface area contributed by atoms with Gasteiger partial charge in [0.1, 0.15) is 6.61 Å². The van der Waals surface area contributed by atoms with Crippen LogP contribution in [0.3, 0.4) is 0 Å². The van der Waals surface area contributed by atoms with E-state index in [9.17, 15) is 14.7 Å². The lowest BCUT2D eigenvalue weighted by molar-refractivity contribution is -0.161. The highest BCUT2D eigenvalue weighted by molar-refractivity contribution is 5.70. The van der Waals surface area contributed by atoms with Gasteiger partial charge in [-0.3, -0.25) is 9.59 Å². The SMILES string of the molecule is CC/C=C\C/C=C\C/C=C\C/C=C\C/C=C\C/C=C\C/C=C\C/C=C\CCCCCCCCCCCCCCCCC(=O)OC(CO)COC(=O)CCCCCCCCCCCCCCCCCCCCC/C=C\CCCCCCCCCC. The number of aliphatic hydroxyl groups is 1. The van der Waals surface area contributed by atoms with Crippen LogP contribution in [-0.2, 0) is 19.1 Å². The zero-order valence-electron chi connectivity index (χ0n) is 55.6. The first-order valence-electron chi connectivity index (χ1n) is 36.4. The molecule has 0 radical (unpaired) electrons. The number of carbonyl (C=O) groups is 2. The van der Waals surface area contributed by atoms with Crippen LogP contribution in [0.1, 0.15) is 361 Å². The summed E-state index contributed by atoms with van der Waals surface area (Å²) < 4.78 is 10.8. The van der Waals surface area contributed by atoms with Gasteiger partial charge in [-0.15, -0.1) is 0 Å². The fourth-order valence-corrected chi connectivity index (χ4v) is 10.6. The minimum Gasteiger partial charge on any atom is -0.462 e. The highest BCUT2D eigenvalue weighted by atomic mass is 16.6. The molecule has 0 bridgehead atoms. The number of unbranched alkanes of at least 4 members (excludes halogenated alkanes) is 41. The number of allylic oxidation sites excluding steroid dienone is 18. The van der Waals surface area contributed by atoms with Crippen molar-refractivity contribution in [3.8, 4) is 0 Å². The average Bonchev–Trinajstić information content (AvgIpc) is 3.51. The lowest BCUT2D eigenvalue weighted by Gasteiger charge is -2.15. The third kappa shape index (κ3) is 71.0. The topological polar surface area (TPSA) is 72.8 Å². The van der Waals surface area contributed by atoms with E-state index in [4.69, 9.17) is 9.47 Å². The number of ether oxygens (including phenoxy) is 2. The lowest BCUT2D eigenvalue weighted by atomic mass is 10.0. The fraction of sp³-hybridized carbons (Fsp3) is 0.747. The van der Waals surface area contributed by atoms with Crippen LogP contribution in [0.5, 0.6) is 0 Å². The normalized spacial score (nSPS) is 12.8. The molecule has 0 fully saturated rings. The first-order chi connectivity index (χ1) is 41.6. The molecule has 5 nitrogen and oxygen atoms in total. The Labute approximate surface area is 522 Å². The molecule has 1 unspecified atom stereocenters. The predicted octanol–water partition coefficient (Wildman–Crippen LogP) is 25.5. The fourth-order valence-electron chi connectivity index (χ4n) is 10.6. The van der Waals surface area contributed by atoms with Crippen molar-refractivity contribution in [2.24, 2.45) is 0 Å². The summed E-state index contributed by atoms with van der Waals surface area (Å²) in [6.07, 6.45) is 107. The van der Waals surface area contributed by atoms with Crippen molar-refractivity contribution in [1.29, 1.82) is 0 Å². The highest BCUT2D eigenvalue weighted by Crippen LogP contribution is 2.18. The average molecular weight is 1170 g/mol. The Morgan fingerprint density at radius 3 is 0.786 bits per heavy atom. The van der Waals surface area contributed by atoms with Crippen molar-refractivity contribution >= 4 is 11.9 Å². The Morgan fingerprint density at radius 1 is 0.286 bits per heavy atom. The van der Waals surface area contributed by atoms with E-state index in [0.29, 0.717) is 12.8 Å². The van der Waals surface area contributed by atoms with Crippen LogP contribution in [-0.4, -0.2) is 36.4 Å². The molecule has 0 aliphatic heterocycles. The van der Waals surface area contributed by atoms with Crippen LogP contribution in [0, 0.1) is 0 Å². The molecule has 484 valence electrons. The number of hydrogen-bond acceptors (Lipinski definition) is 5. The van der Waals surface area contributed by atoms with Crippen LogP contribution >= 0.6 is 0 Å². The second-order valence-electron chi connectivity index (χ2n) is 24.3. The summed E-state index contributed by atoms with van der Waals surface area (Å²) in [4.78, 5) is 24.7. The van der Waals surface area contributed by atoms with Crippen LogP contribution in [0.2, 0.25) is 0 Å². The molecule has 0 saturated carbocycles. The maximum Gasteiger partial charge on any atom is 0.306 e. The third-order valence-electron chi connectivity index (χ3n) is 16.1. The second kappa shape index (κ2) is 73.8. The van der Waals surface area contributed by atoms with Crippen molar-refractivity contribution in [2.45, 2.75) is 367 Å². The van der Waals surface area contributed by atoms with E-state index in [-0.39, 0.29) is 25.2 Å². The first-order valence-corrected chi connectivity index (χ1v) is 36.4. The Kier molecular flexibility index (Phi) is 70.8. The molecule has 0 aliphatic rings. The molecule has 0 amide bonds. The molecule has 0 saturated heterocycles. The molecule has 1 N–H and O–H groups in total. The molecule has 84 heavy (non-hydrogen) atoms. The Hall–Kier alpha value is -3.44. The minimum absolute atomic E-state index is 0.0657. The molecule has 0 aliphatic carbocycles. The monoisotopic (exact) mass is 1170 g/mol. The van der Waals surface area contributed by atoms with Crippen LogP contribution in [0.4, 0.5) is 0 Å². The second-order valence-corrected chi connectivity index (χ2v) is 24.3. The number of esters is 2. The summed E-state index contributed by atoms with van der Waals surface area (Å²) in [6, 6.07) is 0. The molecule has 0 aromatic carbocycles. The zero-order chi connectivity index (χ0) is 60.5. The van der Waals surface area contributed by atoms with E-state index >= 15 is 0 Å². The zero-order valence-corrected chi connectivity index (χ0v) is 55.6. The number of aliphatic hydroxyl groups excluding tert-OH is 1. The van der Waals surface area contributed by atoms with Crippen LogP contribution in [0.15, 0.2) is 109 Å². The van der Waals surface area contributed by atoms with Gasteiger partial charge in [-0.05, 0) is 103 Å². The van der Waals surface area contributed by atoms with Crippen molar-refractivity contribution in [1.82, 2.24) is 0 Å². The number of rotatable bonds is 67. The Balaban J connectivity index is 3.46. The van der Waals surface area contributed by atoms with Gasteiger partial charge in [0.15, 0.2) is 6.10 Å². The molecule has 0 rings (SSSR count). The van der Waals surface area contributed by atoms with Gasteiger partial charge in [0.2, 0.25) is 0 Å². The predicted molar refractivity (Wildman–Crippen MR) is 371 cm³/mol. The molecular formula is C79H138O5. The summed E-state index contributed by atoms with van der Waals surface area (Å²) in [6.45, 7) is 4.06. The van der Waals surface area contributed by atoms with E-state index in [0.717, 1.165) is 89.9 Å². The summed E-state index contributed by atoms with van der Waals surface area (Å²) in [7, 11) is 0. The number of hydrogen-bond donors (Lipinski definition) is 1. The summed E-state index contributed by atoms with van der Waals surface area (Å²) in [5, 5.41) is 9.71. The van der Waals surface area contributed by atoms with Gasteiger partial charge in [-0.2, -0.15) is 0 Å². The van der Waals surface area contributed by atoms with Gasteiger partial charge >= 0.3 is 11.9 Å². The third-order valence-corrected chi connectivity index (χ3v) is 16.1. The molecule has 0 aromatic rings. The van der Waals surface area contributed by atoms with E-state index < -0.39 is 6.10 Å². The molecule has 0 spiro atoms. The summed E-state index contributed by atoms with van der Waals surface area (Å²) >= 11 is 0. The first kappa shape index (κ1) is 80.6. The van der Waals surface area contributed by atoms with Crippen LogP contribution in [0.25, 0.3) is 0 Å². The smallest absolute Gasteiger partial charge is 0.306 e. The minimum atomic E-state index is -0.777. The van der Waals surface area contributed by atoms with E-state index in [1.54, 1.807) is 0 Å². The Bertz CT molecular complexity index is 1610. The molecule has 5 heteroatoms. The lowest BCUT2D eigenvalue weighted by Crippen LogP contribution is -2.28. The highest BCUT2D eigenvalue weighted by Gasteiger charge is 2.16. The van der Waals surface area contributed by atoms with Crippen molar-refractivity contribution < 1.29 is 24.2 Å². The van der Waals surface area contributed by atoms with Gasteiger partial charge < -0.3 is 14.6 Å². The van der Waals surface area contributed by atoms with Crippen molar-refractivity contribution in [2.75, 3.05) is 13.2 Å². The standard InChI is InChI=1S/C79H138O5/c1-3-5-7-9-11-13-15-17-19-21-23-25-27-29-31-33-35-36-37-38-39-40-41-42-44-46-48-50-52-54-56-58-60-62-64-66-68-70-72-74-79(82)84-77(75-80)76-83-78(81)73-71-69-67-65-63-61-59-57-55-53-51-49-47-45-43-34-32-30-28-26-24-22-20-18-16-14-12-10-8-6-4-2/h5,7,11,13,17,19,22-25,29,31,35-36,38-39,41-42,77,80H,3-4,6,8-10,12,14-16,18,20-21,26-28,30,32-34,37,40,43-76H2,1-2H3/b7-5-,13-11-,19-17-,24-22-,25-23-,31-29-,36-35-,39-38-,42-41-. The van der Waals surface area contributed by atoms with Crippen molar-refractivity contribution in [3.05, 3.63) is 109 Å². The maximum atomic E-state index is 12.4. The molecule has 0 aromatic heterocycles. The largest absolute Gasteiger partial charge is 0.462 e. The molecule has 0 heterocycles. The van der Waals surface area contributed by atoms with E-state index in [1.807, 2.05) is 0 Å². The number of carbonyl (C=O) groups excluding carboxylic acids is 2. The van der Waals surface area contributed by atoms with Gasteiger partial charge in [0.05, 0.1) is 6.61 Å². The van der Waals surface area contributed by atoms with E-state index in [2.05, 4.69) is 123 Å². The molecular weight excluding hydrogens is 1030 g/mol. The quantitative estimate of drug-likeness (QED) is 0.0373. The van der Waals surface area contributed by atoms with Crippen molar-refractivity contribution in [3.63, 3.8) is 0 Å². The van der Waals surface area contributed by atoms with Gasteiger partial charge in [-0.25, -0.2) is 0 Å².